The van der Waals surface area contributed by atoms with Gasteiger partial charge in [0, 0.05) is 44.8 Å². The van der Waals surface area contributed by atoms with Crippen molar-refractivity contribution in [2.45, 2.75) is 193 Å². The Hall–Kier alpha value is -1.79. The average molecular weight is 776 g/mol. The lowest BCUT2D eigenvalue weighted by molar-refractivity contribution is -0.317. The number of carbonyl (C=O) groups excluding carboxylic acids is 3. The number of cyclic esters (lactones) is 1. The first kappa shape index (κ1) is 46.6. The lowest BCUT2D eigenvalue weighted by Crippen LogP contribution is -2.61. The number of nitrogens with zero attached hydrogens (tertiary/aromatic N) is 1. The van der Waals surface area contributed by atoms with Crippen LogP contribution in [0.1, 0.15) is 108 Å². The van der Waals surface area contributed by atoms with Gasteiger partial charge in [-0.25, -0.2) is 0 Å². The second kappa shape index (κ2) is 18.2. The summed E-state index contributed by atoms with van der Waals surface area (Å²) >= 11 is 0. The van der Waals surface area contributed by atoms with Gasteiger partial charge in [0.05, 0.1) is 53.7 Å². The van der Waals surface area contributed by atoms with Gasteiger partial charge in [0.1, 0.15) is 29.7 Å². The molecule has 3 aliphatic heterocycles. The van der Waals surface area contributed by atoms with Crippen molar-refractivity contribution in [3.63, 3.8) is 0 Å². The fourth-order valence-corrected chi connectivity index (χ4v) is 8.72. The van der Waals surface area contributed by atoms with Crippen molar-refractivity contribution in [3.05, 3.63) is 0 Å². The lowest BCUT2D eigenvalue weighted by Gasteiger charge is -2.49. The summed E-state index contributed by atoms with van der Waals surface area (Å²) < 4.78 is 37.1. The molecule has 0 aromatic heterocycles. The maximum Gasteiger partial charge on any atom is 0.311 e. The van der Waals surface area contributed by atoms with E-state index in [0.717, 1.165) is 0 Å². The van der Waals surface area contributed by atoms with Crippen LogP contribution < -0.4 is 0 Å². The molecule has 0 radical (unpaired) electrons. The van der Waals surface area contributed by atoms with E-state index in [4.69, 9.17) is 28.4 Å². The molecule has 3 aliphatic rings. The molecule has 0 bridgehead atoms. The molecule has 3 saturated heterocycles. The Kier molecular flexibility index (Phi) is 15.7. The number of esters is 1. The fourth-order valence-electron chi connectivity index (χ4n) is 8.72. The first-order valence-corrected chi connectivity index (χ1v) is 19.5. The Labute approximate surface area is 320 Å². The van der Waals surface area contributed by atoms with E-state index < -0.39 is 120 Å². The highest BCUT2D eigenvalue weighted by Crippen LogP contribution is 2.41. The quantitative estimate of drug-likeness (QED) is 0.224. The number of ether oxygens (including phenoxy) is 6. The first-order chi connectivity index (χ1) is 24.9. The van der Waals surface area contributed by atoms with E-state index in [2.05, 4.69) is 0 Å². The molecule has 3 heterocycles. The van der Waals surface area contributed by atoms with Crippen LogP contribution >= 0.6 is 0 Å². The minimum atomic E-state index is -2.02. The van der Waals surface area contributed by atoms with Crippen LogP contribution in [0.2, 0.25) is 0 Å². The number of amides is 1. The van der Waals surface area contributed by atoms with Gasteiger partial charge < -0.3 is 58.9 Å². The molecule has 15 nitrogen and oxygen atoms in total. The number of aliphatic hydroxyl groups is 5. The molecule has 3 fully saturated rings. The van der Waals surface area contributed by atoms with Crippen molar-refractivity contribution in [1.29, 1.82) is 0 Å². The minimum absolute atomic E-state index is 0.0608. The van der Waals surface area contributed by atoms with Crippen molar-refractivity contribution in [2.75, 3.05) is 14.2 Å². The molecule has 1 amide bonds. The van der Waals surface area contributed by atoms with E-state index in [9.17, 15) is 39.9 Å². The smallest absolute Gasteiger partial charge is 0.311 e. The van der Waals surface area contributed by atoms with Crippen LogP contribution in [0.25, 0.3) is 0 Å². The summed E-state index contributed by atoms with van der Waals surface area (Å²) in [5.41, 5.74) is -4.98. The number of aliphatic hydroxyl groups excluding tert-OH is 3. The molecule has 0 spiro atoms. The number of hydrogen-bond donors (Lipinski definition) is 5. The maximum absolute atomic E-state index is 14.1. The average Bonchev–Trinajstić information content (AvgIpc) is 3.11. The zero-order valence-corrected chi connectivity index (χ0v) is 34.6. The summed E-state index contributed by atoms with van der Waals surface area (Å²) in [6, 6.07) is -0.678. The van der Waals surface area contributed by atoms with E-state index in [1.54, 1.807) is 62.4 Å². The van der Waals surface area contributed by atoms with Crippen LogP contribution in [0, 0.1) is 23.7 Å². The Bertz CT molecular complexity index is 1280. The third-order valence-corrected chi connectivity index (χ3v) is 12.4. The topological polar surface area (TPSA) is 211 Å². The normalized spacial score (nSPS) is 47.4. The molecule has 0 aromatic rings. The monoisotopic (exact) mass is 775 g/mol. The summed E-state index contributed by atoms with van der Waals surface area (Å²) in [6.07, 6.45) is -10.7. The molecule has 314 valence electrons. The van der Waals surface area contributed by atoms with E-state index >= 15 is 0 Å². The van der Waals surface area contributed by atoms with Crippen molar-refractivity contribution in [2.24, 2.45) is 23.7 Å². The summed E-state index contributed by atoms with van der Waals surface area (Å²) in [5.74, 6) is -5.44. The highest BCUT2D eigenvalue weighted by atomic mass is 16.7. The van der Waals surface area contributed by atoms with Crippen LogP contribution in [-0.4, -0.2) is 147 Å². The van der Waals surface area contributed by atoms with Gasteiger partial charge in [0.25, 0.3) is 0 Å². The molecule has 54 heavy (non-hydrogen) atoms. The van der Waals surface area contributed by atoms with Crippen molar-refractivity contribution in [3.8, 4) is 0 Å². The number of ketones is 1. The molecule has 0 saturated carbocycles. The molecule has 0 unspecified atom stereocenters. The largest absolute Gasteiger partial charge is 0.459 e. The molecular formula is C39H69NO14. The molecule has 5 N–H and O–H groups in total. The van der Waals surface area contributed by atoms with Gasteiger partial charge in [0.2, 0.25) is 5.91 Å². The molecule has 3 rings (SSSR count). The number of methoxy groups -OCH3 is 1. The van der Waals surface area contributed by atoms with Crippen LogP contribution in [0.5, 0.6) is 0 Å². The summed E-state index contributed by atoms with van der Waals surface area (Å²) in [4.78, 5) is 42.2. The van der Waals surface area contributed by atoms with Crippen molar-refractivity contribution in [1.82, 2.24) is 4.90 Å². The van der Waals surface area contributed by atoms with Gasteiger partial charge >= 0.3 is 5.97 Å². The second-order valence-corrected chi connectivity index (χ2v) is 16.9. The molecular weight excluding hydrogens is 706 g/mol. The van der Waals surface area contributed by atoms with Crippen molar-refractivity contribution >= 4 is 17.7 Å². The van der Waals surface area contributed by atoms with Crippen LogP contribution in [0.15, 0.2) is 0 Å². The van der Waals surface area contributed by atoms with E-state index in [1.807, 2.05) is 0 Å². The summed E-state index contributed by atoms with van der Waals surface area (Å²) in [6.45, 7) is 17.7. The molecule has 15 heteroatoms. The number of hydrogen-bond acceptors (Lipinski definition) is 14. The molecule has 0 aliphatic carbocycles. The van der Waals surface area contributed by atoms with Crippen LogP contribution in [0.4, 0.5) is 0 Å². The number of carbonyl (C=O) groups is 3. The maximum atomic E-state index is 14.1. The number of Topliss-reactive ketones (excluding diaryl/α,β-unsaturated/α-hetero) is 1. The molecule has 0 aromatic carbocycles. The summed E-state index contributed by atoms with van der Waals surface area (Å²) in [5, 5.41) is 58.0. The predicted molar refractivity (Wildman–Crippen MR) is 196 cm³/mol. The van der Waals surface area contributed by atoms with Crippen LogP contribution in [0.3, 0.4) is 0 Å². The van der Waals surface area contributed by atoms with Gasteiger partial charge in [-0.1, -0.05) is 34.6 Å². The Morgan fingerprint density at radius 3 is 2.07 bits per heavy atom. The van der Waals surface area contributed by atoms with Crippen molar-refractivity contribution < 1.29 is 68.3 Å². The van der Waals surface area contributed by atoms with Gasteiger partial charge in [-0.3, -0.25) is 14.4 Å². The highest BCUT2D eigenvalue weighted by Gasteiger charge is 2.53. The minimum Gasteiger partial charge on any atom is -0.459 e. The Balaban J connectivity index is 2.19. The first-order valence-electron chi connectivity index (χ1n) is 19.5. The number of likely N-dealkylation sites (N-methyl/N-ethyl adjacent to an activating group) is 1. The third-order valence-electron chi connectivity index (χ3n) is 12.4. The Morgan fingerprint density at radius 2 is 1.52 bits per heavy atom. The van der Waals surface area contributed by atoms with E-state index in [1.165, 1.54) is 32.8 Å². The summed E-state index contributed by atoms with van der Waals surface area (Å²) in [7, 11) is 3.07. The van der Waals surface area contributed by atoms with E-state index in [0.29, 0.717) is 6.42 Å². The SMILES string of the molecule is CCC(=O)N(C)[C@H]1C[C@@H](C)O[C@@H](O[C@@H]2[C@@H](C)[C@H](O[C@H]3C[C@@](C)(OC)[C@@H](O)[C@H](C)O3)[C@@H](C)C(=O)O[C@H](CC)[C@@](C)(O)[C@H](O)[C@@H](C)C(=O)[C@H](C)C[C@@]2(C)O)[C@@H]1O. The van der Waals surface area contributed by atoms with Crippen LogP contribution in [-0.2, 0) is 42.8 Å². The third kappa shape index (κ3) is 9.83. The molecule has 18 atom stereocenters. The van der Waals surface area contributed by atoms with Gasteiger partial charge in [-0.05, 0) is 60.8 Å². The lowest BCUT2D eigenvalue weighted by atomic mass is 9.74. The highest BCUT2D eigenvalue weighted by molar-refractivity contribution is 5.83. The van der Waals surface area contributed by atoms with Gasteiger partial charge in [0.15, 0.2) is 12.6 Å². The predicted octanol–water partition coefficient (Wildman–Crippen LogP) is 2.09. The van der Waals surface area contributed by atoms with E-state index in [-0.39, 0.29) is 31.6 Å². The van der Waals surface area contributed by atoms with Gasteiger partial charge in [-0.2, -0.15) is 0 Å². The number of rotatable bonds is 8. The zero-order valence-electron chi connectivity index (χ0n) is 34.6. The standard InChI is InChI=1S/C39H69NO14/c1-14-26-39(11,48)32(44)21(5)29(42)19(3)17-37(9,47)34(54-36-30(43)25(16-20(4)50-36)40(12)27(41)15-2)22(6)31(23(7)35(46)52-26)53-28-18-38(10,49-13)33(45)24(8)51-28/h19-26,28,30-34,36,43-45,47-48H,14-18H2,1-13H3/t19-,20-,21+,22+,23-,24+,25+,26-,28+,30-,31+,32-,33+,34-,36+,37-,38-,39-/m1/s1. The fraction of sp³-hybridized carbons (Fsp3) is 0.923. The zero-order chi connectivity index (χ0) is 41.2. The second-order valence-electron chi connectivity index (χ2n) is 16.9. The van der Waals surface area contributed by atoms with Gasteiger partial charge in [-0.15, -0.1) is 0 Å². The Morgan fingerprint density at radius 1 is 0.907 bits per heavy atom.